The van der Waals surface area contributed by atoms with E-state index in [4.69, 9.17) is 5.14 Å². The molecule has 4 nitrogen and oxygen atoms in total. The summed E-state index contributed by atoms with van der Waals surface area (Å²) in [5, 5.41) is 4.88. The number of primary sulfonamides is 1. The van der Waals surface area contributed by atoms with Crippen LogP contribution in [0.15, 0.2) is 15.6 Å². The summed E-state index contributed by atoms with van der Waals surface area (Å²) in [6.07, 6.45) is -1.90. The van der Waals surface area contributed by atoms with Crippen molar-refractivity contribution in [2.75, 3.05) is 0 Å². The Morgan fingerprint density at radius 2 is 2.07 bits per heavy atom. The molecule has 0 aliphatic heterocycles. The van der Waals surface area contributed by atoms with Crippen LogP contribution in [0.25, 0.3) is 0 Å². The minimum atomic E-state index is -4.06. The molecule has 0 amide bonds. The third-order valence-corrected chi connectivity index (χ3v) is 3.88. The number of hydrogen-bond acceptors (Lipinski definition) is 3. The molecule has 1 heterocycles. The lowest BCUT2D eigenvalue weighted by Crippen LogP contribution is -2.16. The quantitative estimate of drug-likeness (QED) is 0.904. The van der Waals surface area contributed by atoms with Crippen molar-refractivity contribution < 1.29 is 17.2 Å². The molecule has 1 aromatic rings. The molecule has 8 heteroatoms. The lowest BCUT2D eigenvalue weighted by Gasteiger charge is -2.09. The zero-order valence-electron chi connectivity index (χ0n) is 7.54. The second kappa shape index (κ2) is 4.11. The standard InChI is InChI=1S/C7H7BrF2N2O2S/c1-3-6(15(11,13)14)5(8)4(2-12-3)7(9)10/h2,7H,1H3,(H2,11,13,14). The van der Waals surface area contributed by atoms with Crippen molar-refractivity contribution >= 4 is 26.0 Å². The van der Waals surface area contributed by atoms with Crippen molar-refractivity contribution in [3.05, 3.63) is 21.9 Å². The summed E-state index contributed by atoms with van der Waals surface area (Å²) in [4.78, 5) is 3.16. The minimum Gasteiger partial charge on any atom is -0.260 e. The van der Waals surface area contributed by atoms with Crippen molar-refractivity contribution in [3.8, 4) is 0 Å². The number of nitrogens with zero attached hydrogens (tertiary/aromatic N) is 1. The average Bonchev–Trinajstić information content (AvgIpc) is 2.00. The van der Waals surface area contributed by atoms with E-state index in [1.54, 1.807) is 0 Å². The highest BCUT2D eigenvalue weighted by molar-refractivity contribution is 9.10. The molecule has 0 aromatic carbocycles. The zero-order chi connectivity index (χ0) is 11.8. The largest absolute Gasteiger partial charge is 0.266 e. The van der Waals surface area contributed by atoms with E-state index in [0.717, 1.165) is 6.20 Å². The van der Waals surface area contributed by atoms with Crippen molar-refractivity contribution in [2.24, 2.45) is 5.14 Å². The van der Waals surface area contributed by atoms with Crippen LogP contribution in [0.2, 0.25) is 0 Å². The first-order valence-electron chi connectivity index (χ1n) is 3.71. The summed E-state index contributed by atoms with van der Waals surface area (Å²) in [7, 11) is -4.06. The van der Waals surface area contributed by atoms with Crippen LogP contribution in [0, 0.1) is 6.92 Å². The van der Waals surface area contributed by atoms with Crippen LogP contribution >= 0.6 is 15.9 Å². The van der Waals surface area contributed by atoms with Gasteiger partial charge >= 0.3 is 0 Å². The monoisotopic (exact) mass is 300 g/mol. The molecule has 0 spiro atoms. The maximum atomic E-state index is 12.4. The van der Waals surface area contributed by atoms with Crippen molar-refractivity contribution in [1.82, 2.24) is 4.98 Å². The Kier molecular flexibility index (Phi) is 3.41. The Hall–Kier alpha value is -0.600. The maximum Gasteiger partial charge on any atom is 0.266 e. The summed E-state index contributed by atoms with van der Waals surface area (Å²) >= 11 is 2.79. The van der Waals surface area contributed by atoms with Gasteiger partial charge in [0.25, 0.3) is 6.43 Å². The highest BCUT2D eigenvalue weighted by Gasteiger charge is 2.23. The third kappa shape index (κ3) is 2.50. The Bertz CT molecular complexity index is 490. The van der Waals surface area contributed by atoms with E-state index in [1.165, 1.54) is 6.92 Å². The van der Waals surface area contributed by atoms with Crippen LogP contribution in [-0.4, -0.2) is 13.4 Å². The lowest BCUT2D eigenvalue weighted by molar-refractivity contribution is 0.149. The number of rotatable bonds is 2. The summed E-state index contributed by atoms with van der Waals surface area (Å²) in [5.74, 6) is 0. The van der Waals surface area contributed by atoms with Crippen molar-refractivity contribution in [2.45, 2.75) is 18.2 Å². The van der Waals surface area contributed by atoms with Gasteiger partial charge in [-0.05, 0) is 22.9 Å². The van der Waals surface area contributed by atoms with Gasteiger partial charge in [-0.15, -0.1) is 0 Å². The highest BCUT2D eigenvalue weighted by Crippen LogP contribution is 2.32. The molecular weight excluding hydrogens is 294 g/mol. The number of alkyl halides is 2. The first-order valence-corrected chi connectivity index (χ1v) is 6.05. The number of halogens is 3. The minimum absolute atomic E-state index is 0.0776. The fourth-order valence-corrected chi connectivity index (χ4v) is 3.13. The van der Waals surface area contributed by atoms with Gasteiger partial charge in [0.2, 0.25) is 10.0 Å². The molecule has 0 bridgehead atoms. The van der Waals surface area contributed by atoms with E-state index < -0.39 is 26.9 Å². The maximum absolute atomic E-state index is 12.4. The first-order chi connectivity index (χ1) is 6.75. The lowest BCUT2D eigenvalue weighted by atomic mass is 10.2. The van der Waals surface area contributed by atoms with Gasteiger partial charge in [0.1, 0.15) is 4.90 Å². The molecule has 0 aliphatic rings. The highest BCUT2D eigenvalue weighted by atomic mass is 79.9. The van der Waals surface area contributed by atoms with Gasteiger partial charge in [0.15, 0.2) is 0 Å². The summed E-state index contributed by atoms with van der Waals surface area (Å²) in [6, 6.07) is 0. The van der Waals surface area contributed by atoms with Crippen LogP contribution in [0.4, 0.5) is 8.78 Å². The molecule has 1 aromatic heterocycles. The average molecular weight is 301 g/mol. The molecule has 0 aliphatic carbocycles. The van der Waals surface area contributed by atoms with E-state index in [2.05, 4.69) is 20.9 Å². The summed E-state index contributed by atoms with van der Waals surface area (Å²) < 4.78 is 46.8. The molecule has 2 N–H and O–H groups in total. The molecule has 0 atom stereocenters. The van der Waals surface area contributed by atoms with Crippen LogP contribution in [0.5, 0.6) is 0 Å². The van der Waals surface area contributed by atoms with E-state index in [-0.39, 0.29) is 10.2 Å². The molecule has 0 radical (unpaired) electrons. The summed E-state index contributed by atoms with van der Waals surface area (Å²) in [6.45, 7) is 1.37. The SMILES string of the molecule is Cc1ncc(C(F)F)c(Br)c1S(N)(=O)=O. The van der Waals surface area contributed by atoms with Crippen LogP contribution in [-0.2, 0) is 10.0 Å². The smallest absolute Gasteiger partial charge is 0.260 e. The first kappa shape index (κ1) is 12.5. The van der Waals surface area contributed by atoms with Gasteiger partial charge in [0, 0.05) is 10.7 Å². The molecular formula is C7H7BrF2N2O2S. The van der Waals surface area contributed by atoms with Crippen LogP contribution in [0.3, 0.4) is 0 Å². The Labute approximate surface area is 93.7 Å². The third-order valence-electron chi connectivity index (χ3n) is 1.70. The van der Waals surface area contributed by atoms with Crippen LogP contribution < -0.4 is 5.14 Å². The molecule has 0 saturated carbocycles. The molecule has 0 unspecified atom stereocenters. The van der Waals surface area contributed by atoms with Crippen molar-refractivity contribution in [3.63, 3.8) is 0 Å². The Balaban J connectivity index is 3.59. The zero-order valence-corrected chi connectivity index (χ0v) is 9.94. The van der Waals surface area contributed by atoms with Gasteiger partial charge in [-0.1, -0.05) is 0 Å². The predicted octanol–water partition coefficient (Wildman–Crippen LogP) is 1.74. The van der Waals surface area contributed by atoms with E-state index in [1.807, 2.05) is 0 Å². The number of aryl methyl sites for hydroxylation is 1. The topological polar surface area (TPSA) is 73.0 Å². The number of sulfonamides is 1. The second-order valence-corrected chi connectivity index (χ2v) is 5.08. The van der Waals surface area contributed by atoms with Gasteiger partial charge < -0.3 is 0 Å². The summed E-state index contributed by atoms with van der Waals surface area (Å²) in [5.41, 5.74) is -0.418. The van der Waals surface area contributed by atoms with E-state index in [9.17, 15) is 17.2 Å². The Morgan fingerprint density at radius 1 is 1.53 bits per heavy atom. The van der Waals surface area contributed by atoms with E-state index >= 15 is 0 Å². The fourth-order valence-electron chi connectivity index (χ4n) is 1.05. The van der Waals surface area contributed by atoms with Gasteiger partial charge in [-0.25, -0.2) is 22.3 Å². The number of pyridine rings is 1. The molecule has 1 rings (SSSR count). The van der Waals surface area contributed by atoms with Crippen molar-refractivity contribution in [1.29, 1.82) is 0 Å². The Morgan fingerprint density at radius 3 is 2.47 bits per heavy atom. The molecule has 84 valence electrons. The molecule has 15 heavy (non-hydrogen) atoms. The molecule has 0 fully saturated rings. The number of hydrogen-bond donors (Lipinski definition) is 1. The van der Waals surface area contributed by atoms with Crippen LogP contribution in [0.1, 0.15) is 17.7 Å². The van der Waals surface area contributed by atoms with E-state index in [0.29, 0.717) is 0 Å². The predicted molar refractivity (Wildman–Crippen MR) is 53.0 cm³/mol. The number of nitrogens with two attached hydrogens (primary N) is 1. The second-order valence-electron chi connectivity index (χ2n) is 2.79. The normalized spacial score (nSPS) is 12.1. The van der Waals surface area contributed by atoms with Gasteiger partial charge in [-0.3, -0.25) is 4.98 Å². The van der Waals surface area contributed by atoms with Gasteiger partial charge in [0.05, 0.1) is 11.3 Å². The fraction of sp³-hybridized carbons (Fsp3) is 0.286. The molecule has 0 saturated heterocycles. The number of aromatic nitrogens is 1. The van der Waals surface area contributed by atoms with Gasteiger partial charge in [-0.2, -0.15) is 0 Å².